The van der Waals surface area contributed by atoms with Gasteiger partial charge in [0.15, 0.2) is 0 Å². The minimum atomic E-state index is -0.247. The zero-order chi connectivity index (χ0) is 15.4. The Kier molecular flexibility index (Phi) is 4.39. The van der Waals surface area contributed by atoms with Crippen LogP contribution in [-0.2, 0) is 11.3 Å². The van der Waals surface area contributed by atoms with Crippen molar-refractivity contribution in [3.63, 3.8) is 0 Å². The van der Waals surface area contributed by atoms with Gasteiger partial charge in [0.2, 0.25) is 5.91 Å². The number of carbonyl (C=O) groups excluding carboxylic acids is 2. The summed E-state index contributed by atoms with van der Waals surface area (Å²) in [7, 11) is 0. The lowest BCUT2D eigenvalue weighted by Crippen LogP contribution is -2.27. The Labute approximate surface area is 132 Å². The standard InChI is InChI=1S/C16H17N3O2S/c20-15(11-3-4-11)18-12-5-7-13(8-6-12)19-16(21)17-10-14-2-1-9-22-14/h1-2,5-9,11H,3-4,10H2,(H,18,20)(H2,17,19,21). The van der Waals surface area contributed by atoms with Gasteiger partial charge in [-0.2, -0.15) is 0 Å². The zero-order valence-electron chi connectivity index (χ0n) is 12.0. The van der Waals surface area contributed by atoms with Crippen molar-refractivity contribution < 1.29 is 9.59 Å². The van der Waals surface area contributed by atoms with Crippen LogP contribution in [-0.4, -0.2) is 11.9 Å². The van der Waals surface area contributed by atoms with Gasteiger partial charge in [-0.1, -0.05) is 6.07 Å². The van der Waals surface area contributed by atoms with Crippen molar-refractivity contribution in [2.24, 2.45) is 5.92 Å². The molecule has 0 saturated heterocycles. The highest BCUT2D eigenvalue weighted by Gasteiger charge is 2.29. The molecule has 0 bridgehead atoms. The number of thiophene rings is 1. The van der Waals surface area contributed by atoms with Crippen molar-refractivity contribution in [1.29, 1.82) is 0 Å². The number of rotatable bonds is 5. The van der Waals surface area contributed by atoms with Crippen LogP contribution in [0.3, 0.4) is 0 Å². The first-order valence-electron chi connectivity index (χ1n) is 7.19. The van der Waals surface area contributed by atoms with Gasteiger partial charge in [-0.25, -0.2) is 4.79 Å². The summed E-state index contributed by atoms with van der Waals surface area (Å²) in [5.74, 6) is 0.259. The van der Waals surface area contributed by atoms with E-state index < -0.39 is 0 Å². The van der Waals surface area contributed by atoms with Gasteiger partial charge in [-0.3, -0.25) is 4.79 Å². The number of hydrogen-bond donors (Lipinski definition) is 3. The van der Waals surface area contributed by atoms with Crippen molar-refractivity contribution in [3.05, 3.63) is 46.7 Å². The lowest BCUT2D eigenvalue weighted by Gasteiger charge is -2.08. The van der Waals surface area contributed by atoms with E-state index in [2.05, 4.69) is 16.0 Å². The van der Waals surface area contributed by atoms with Gasteiger partial charge < -0.3 is 16.0 Å². The van der Waals surface area contributed by atoms with Crippen LogP contribution in [0, 0.1) is 5.92 Å². The third-order valence-electron chi connectivity index (χ3n) is 3.36. The fourth-order valence-corrected chi connectivity index (χ4v) is 2.63. The highest BCUT2D eigenvalue weighted by Crippen LogP contribution is 2.30. The summed E-state index contributed by atoms with van der Waals surface area (Å²) in [6.45, 7) is 0.513. The minimum absolute atomic E-state index is 0.0781. The van der Waals surface area contributed by atoms with Crippen molar-refractivity contribution in [1.82, 2.24) is 5.32 Å². The summed E-state index contributed by atoms with van der Waals surface area (Å²) in [5.41, 5.74) is 1.44. The largest absolute Gasteiger partial charge is 0.333 e. The Bertz CT molecular complexity index is 649. The van der Waals surface area contributed by atoms with Gasteiger partial charge in [0.1, 0.15) is 0 Å². The second-order valence-electron chi connectivity index (χ2n) is 5.23. The number of hydrogen-bond acceptors (Lipinski definition) is 3. The molecule has 0 unspecified atom stereocenters. The van der Waals surface area contributed by atoms with Gasteiger partial charge >= 0.3 is 6.03 Å². The van der Waals surface area contributed by atoms with Gasteiger partial charge in [0, 0.05) is 22.2 Å². The Morgan fingerprint density at radius 1 is 1.05 bits per heavy atom. The quantitative estimate of drug-likeness (QED) is 0.791. The molecule has 0 radical (unpaired) electrons. The van der Waals surface area contributed by atoms with Crippen LogP contribution in [0.25, 0.3) is 0 Å². The summed E-state index contributed by atoms with van der Waals surface area (Å²) in [5, 5.41) is 10.4. The maximum atomic E-state index is 11.8. The highest BCUT2D eigenvalue weighted by atomic mass is 32.1. The van der Waals surface area contributed by atoms with Crippen LogP contribution in [0.5, 0.6) is 0 Å². The average Bonchev–Trinajstić information content (AvgIpc) is 3.24. The first-order valence-corrected chi connectivity index (χ1v) is 8.07. The molecule has 2 aromatic rings. The molecule has 3 N–H and O–H groups in total. The number of anilines is 2. The molecule has 114 valence electrons. The molecule has 1 aromatic heterocycles. The number of amides is 3. The average molecular weight is 315 g/mol. The second-order valence-corrected chi connectivity index (χ2v) is 6.26. The number of nitrogens with one attached hydrogen (secondary N) is 3. The Balaban J connectivity index is 1.47. The van der Waals surface area contributed by atoms with Crippen LogP contribution in [0.15, 0.2) is 41.8 Å². The van der Waals surface area contributed by atoms with Gasteiger partial charge in [-0.15, -0.1) is 11.3 Å². The lowest BCUT2D eigenvalue weighted by molar-refractivity contribution is -0.117. The van der Waals surface area contributed by atoms with E-state index in [1.807, 2.05) is 17.5 Å². The van der Waals surface area contributed by atoms with Crippen molar-refractivity contribution in [2.75, 3.05) is 10.6 Å². The summed E-state index contributed by atoms with van der Waals surface area (Å²) >= 11 is 1.60. The van der Waals surface area contributed by atoms with Gasteiger partial charge in [-0.05, 0) is 48.6 Å². The van der Waals surface area contributed by atoms with Crippen LogP contribution in [0.2, 0.25) is 0 Å². The molecule has 1 fully saturated rings. The first kappa shape index (κ1) is 14.6. The molecule has 0 atom stereocenters. The third kappa shape index (κ3) is 4.08. The van der Waals surface area contributed by atoms with Crippen LogP contribution in [0.1, 0.15) is 17.7 Å². The molecule has 0 spiro atoms. The summed E-state index contributed by atoms with van der Waals surface area (Å²) in [6, 6.07) is 10.8. The molecular weight excluding hydrogens is 298 g/mol. The molecule has 6 heteroatoms. The Hall–Kier alpha value is -2.34. The first-order chi connectivity index (χ1) is 10.7. The SMILES string of the molecule is O=C(NCc1cccs1)Nc1ccc(NC(=O)C2CC2)cc1. The smallest absolute Gasteiger partial charge is 0.319 e. The molecule has 1 heterocycles. The molecule has 22 heavy (non-hydrogen) atoms. The molecule has 3 amide bonds. The van der Waals surface area contributed by atoms with E-state index in [-0.39, 0.29) is 17.9 Å². The van der Waals surface area contributed by atoms with E-state index >= 15 is 0 Å². The summed E-state index contributed by atoms with van der Waals surface area (Å²) < 4.78 is 0. The van der Waals surface area contributed by atoms with E-state index in [1.54, 1.807) is 35.6 Å². The molecule has 1 aliphatic rings. The lowest BCUT2D eigenvalue weighted by atomic mass is 10.2. The maximum Gasteiger partial charge on any atom is 0.319 e. The predicted octanol–water partition coefficient (Wildman–Crippen LogP) is 3.42. The number of carbonyl (C=O) groups is 2. The topological polar surface area (TPSA) is 70.2 Å². The monoisotopic (exact) mass is 315 g/mol. The Morgan fingerprint density at radius 2 is 1.73 bits per heavy atom. The molecular formula is C16H17N3O2S. The molecule has 3 rings (SSSR count). The third-order valence-corrected chi connectivity index (χ3v) is 4.24. The molecule has 0 aliphatic heterocycles. The van der Waals surface area contributed by atoms with Gasteiger partial charge in [0.25, 0.3) is 0 Å². The molecule has 1 aromatic carbocycles. The fourth-order valence-electron chi connectivity index (χ4n) is 1.98. The number of urea groups is 1. The molecule has 1 saturated carbocycles. The molecule has 1 aliphatic carbocycles. The fraction of sp³-hybridized carbons (Fsp3) is 0.250. The highest BCUT2D eigenvalue weighted by molar-refractivity contribution is 7.09. The van der Waals surface area contributed by atoms with E-state index in [4.69, 9.17) is 0 Å². The zero-order valence-corrected chi connectivity index (χ0v) is 12.8. The van der Waals surface area contributed by atoms with Gasteiger partial charge in [0.05, 0.1) is 6.54 Å². The summed E-state index contributed by atoms with van der Waals surface area (Å²) in [4.78, 5) is 24.5. The van der Waals surface area contributed by atoms with Crippen LogP contribution in [0.4, 0.5) is 16.2 Å². The van der Waals surface area contributed by atoms with E-state index in [0.717, 1.165) is 23.4 Å². The number of benzene rings is 1. The minimum Gasteiger partial charge on any atom is -0.333 e. The van der Waals surface area contributed by atoms with E-state index in [9.17, 15) is 9.59 Å². The maximum absolute atomic E-state index is 11.8. The summed E-state index contributed by atoms with van der Waals surface area (Å²) in [6.07, 6.45) is 1.96. The normalized spacial score (nSPS) is 13.5. The van der Waals surface area contributed by atoms with E-state index in [1.165, 1.54) is 0 Å². The van der Waals surface area contributed by atoms with Crippen molar-refractivity contribution in [2.45, 2.75) is 19.4 Å². The van der Waals surface area contributed by atoms with Crippen LogP contribution >= 0.6 is 11.3 Å². The van der Waals surface area contributed by atoms with Crippen molar-refractivity contribution >= 4 is 34.6 Å². The van der Waals surface area contributed by atoms with E-state index in [0.29, 0.717) is 12.2 Å². The molecule has 5 nitrogen and oxygen atoms in total. The predicted molar refractivity (Wildman–Crippen MR) is 88.0 cm³/mol. The Morgan fingerprint density at radius 3 is 2.32 bits per heavy atom. The second kappa shape index (κ2) is 6.62. The van der Waals surface area contributed by atoms with Crippen molar-refractivity contribution in [3.8, 4) is 0 Å². The van der Waals surface area contributed by atoms with Crippen LogP contribution < -0.4 is 16.0 Å².